The molecular weight excluding hydrogens is 202 g/mol. The molecule has 2 aromatic rings. The minimum absolute atomic E-state index is 0.102. The fraction of sp³-hybridized carbons (Fsp3) is 0.167. The monoisotopic (exact) mass is 215 g/mol. The van der Waals surface area contributed by atoms with E-state index in [0.29, 0.717) is 13.1 Å². The van der Waals surface area contributed by atoms with Gasteiger partial charge in [0.25, 0.3) is 5.56 Å². The molecule has 2 rings (SSSR count). The second kappa shape index (κ2) is 4.72. The zero-order valence-corrected chi connectivity index (χ0v) is 8.84. The first-order valence-corrected chi connectivity index (χ1v) is 5.10. The second-order valence-corrected chi connectivity index (χ2v) is 3.49. The summed E-state index contributed by atoms with van der Waals surface area (Å²) >= 11 is 0. The van der Waals surface area contributed by atoms with Gasteiger partial charge >= 0.3 is 0 Å². The summed E-state index contributed by atoms with van der Waals surface area (Å²) in [5.41, 5.74) is 7.61. The van der Waals surface area contributed by atoms with Crippen LogP contribution < -0.4 is 11.3 Å². The first-order valence-electron chi connectivity index (χ1n) is 5.10. The van der Waals surface area contributed by atoms with Crippen molar-refractivity contribution < 1.29 is 0 Å². The molecule has 0 atom stereocenters. The van der Waals surface area contributed by atoms with Gasteiger partial charge in [0.1, 0.15) is 0 Å². The molecule has 0 spiro atoms. The molecule has 0 aliphatic rings. The van der Waals surface area contributed by atoms with Gasteiger partial charge in [0.15, 0.2) is 0 Å². The molecule has 0 unspecified atom stereocenters. The van der Waals surface area contributed by atoms with Crippen LogP contribution in [0.25, 0.3) is 0 Å². The smallest absolute Gasteiger partial charge is 0.267 e. The number of rotatable bonds is 3. The van der Waals surface area contributed by atoms with Gasteiger partial charge in [-0.3, -0.25) is 4.79 Å². The van der Waals surface area contributed by atoms with Gasteiger partial charge in [0.2, 0.25) is 0 Å². The van der Waals surface area contributed by atoms with Gasteiger partial charge in [-0.25, -0.2) is 4.68 Å². The van der Waals surface area contributed by atoms with Crippen LogP contribution in [0.4, 0.5) is 0 Å². The van der Waals surface area contributed by atoms with Crippen LogP contribution >= 0.6 is 0 Å². The Morgan fingerprint density at radius 2 is 1.88 bits per heavy atom. The number of benzene rings is 1. The molecule has 0 saturated heterocycles. The first-order chi connectivity index (χ1) is 7.81. The summed E-state index contributed by atoms with van der Waals surface area (Å²) in [5, 5.41) is 4.01. The highest BCUT2D eigenvalue weighted by atomic mass is 16.1. The Balaban J connectivity index is 2.34. The van der Waals surface area contributed by atoms with Crippen molar-refractivity contribution >= 4 is 0 Å². The predicted molar refractivity (Wildman–Crippen MR) is 61.9 cm³/mol. The average Bonchev–Trinajstić information content (AvgIpc) is 2.33. The maximum atomic E-state index is 11.5. The first kappa shape index (κ1) is 10.6. The van der Waals surface area contributed by atoms with Crippen molar-refractivity contribution in [2.75, 3.05) is 0 Å². The van der Waals surface area contributed by atoms with Crippen molar-refractivity contribution in [3.05, 3.63) is 64.1 Å². The second-order valence-electron chi connectivity index (χ2n) is 3.49. The molecule has 4 nitrogen and oxygen atoms in total. The van der Waals surface area contributed by atoms with E-state index in [9.17, 15) is 4.79 Å². The molecule has 4 heteroatoms. The molecule has 0 bridgehead atoms. The number of aromatic nitrogens is 2. The SMILES string of the molecule is NCc1ccccc1Cn1ncccc1=O. The lowest BCUT2D eigenvalue weighted by Gasteiger charge is -2.08. The molecule has 0 radical (unpaired) electrons. The molecule has 0 aliphatic carbocycles. The number of hydrogen-bond acceptors (Lipinski definition) is 3. The topological polar surface area (TPSA) is 60.9 Å². The molecule has 1 aromatic carbocycles. The van der Waals surface area contributed by atoms with E-state index >= 15 is 0 Å². The Morgan fingerprint density at radius 1 is 1.12 bits per heavy atom. The maximum absolute atomic E-state index is 11.5. The summed E-state index contributed by atoms with van der Waals surface area (Å²) in [6.07, 6.45) is 1.60. The molecule has 1 heterocycles. The van der Waals surface area contributed by atoms with E-state index in [1.807, 2.05) is 24.3 Å². The molecule has 0 saturated carbocycles. The van der Waals surface area contributed by atoms with Crippen LogP contribution in [0.2, 0.25) is 0 Å². The van der Waals surface area contributed by atoms with E-state index in [2.05, 4.69) is 5.10 Å². The van der Waals surface area contributed by atoms with E-state index in [1.54, 1.807) is 12.3 Å². The van der Waals surface area contributed by atoms with Crippen LogP contribution in [-0.2, 0) is 13.1 Å². The third-order valence-corrected chi connectivity index (χ3v) is 2.44. The summed E-state index contributed by atoms with van der Waals surface area (Å²) in [4.78, 5) is 11.5. The minimum atomic E-state index is -0.102. The van der Waals surface area contributed by atoms with Gasteiger partial charge < -0.3 is 5.73 Å². The third kappa shape index (κ3) is 2.17. The molecule has 1 aromatic heterocycles. The summed E-state index contributed by atoms with van der Waals surface area (Å²) in [7, 11) is 0. The van der Waals surface area contributed by atoms with Crippen molar-refractivity contribution in [2.24, 2.45) is 5.73 Å². The van der Waals surface area contributed by atoms with Gasteiger partial charge in [-0.1, -0.05) is 24.3 Å². The van der Waals surface area contributed by atoms with Crippen molar-refractivity contribution in [2.45, 2.75) is 13.1 Å². The molecule has 16 heavy (non-hydrogen) atoms. The zero-order chi connectivity index (χ0) is 11.4. The molecule has 82 valence electrons. The van der Waals surface area contributed by atoms with Crippen LogP contribution in [0.3, 0.4) is 0 Å². The van der Waals surface area contributed by atoms with Gasteiger partial charge in [-0.05, 0) is 17.2 Å². The van der Waals surface area contributed by atoms with Crippen LogP contribution in [0, 0.1) is 0 Å². The normalized spacial score (nSPS) is 10.3. The summed E-state index contributed by atoms with van der Waals surface area (Å²) in [6.45, 7) is 0.935. The Morgan fingerprint density at radius 3 is 2.56 bits per heavy atom. The van der Waals surface area contributed by atoms with E-state index in [-0.39, 0.29) is 5.56 Å². The molecule has 0 aliphatic heterocycles. The van der Waals surface area contributed by atoms with Crippen LogP contribution in [0.5, 0.6) is 0 Å². The summed E-state index contributed by atoms with van der Waals surface area (Å²) in [6, 6.07) is 10.9. The van der Waals surface area contributed by atoms with E-state index in [1.165, 1.54) is 10.7 Å². The van der Waals surface area contributed by atoms with Crippen LogP contribution in [0.1, 0.15) is 11.1 Å². The van der Waals surface area contributed by atoms with Gasteiger partial charge in [0, 0.05) is 18.8 Å². The lowest BCUT2D eigenvalue weighted by molar-refractivity contribution is 0.634. The van der Waals surface area contributed by atoms with Crippen molar-refractivity contribution in [1.82, 2.24) is 9.78 Å². The highest BCUT2D eigenvalue weighted by Crippen LogP contribution is 2.08. The lowest BCUT2D eigenvalue weighted by atomic mass is 10.1. The third-order valence-electron chi connectivity index (χ3n) is 2.44. The van der Waals surface area contributed by atoms with Crippen LogP contribution in [-0.4, -0.2) is 9.78 Å². The summed E-state index contributed by atoms with van der Waals surface area (Å²) in [5.74, 6) is 0. The highest BCUT2D eigenvalue weighted by molar-refractivity contribution is 5.26. The van der Waals surface area contributed by atoms with E-state index < -0.39 is 0 Å². The zero-order valence-electron chi connectivity index (χ0n) is 8.84. The van der Waals surface area contributed by atoms with Crippen molar-refractivity contribution in [1.29, 1.82) is 0 Å². The standard InChI is InChI=1S/C12H13N3O/c13-8-10-4-1-2-5-11(10)9-15-12(16)6-3-7-14-15/h1-7H,8-9,13H2. The highest BCUT2D eigenvalue weighted by Gasteiger charge is 2.02. The van der Waals surface area contributed by atoms with E-state index in [4.69, 9.17) is 5.73 Å². The van der Waals surface area contributed by atoms with Gasteiger partial charge in [0.05, 0.1) is 6.54 Å². The quantitative estimate of drug-likeness (QED) is 0.821. The molecular formula is C12H13N3O. The fourth-order valence-corrected chi connectivity index (χ4v) is 1.58. The average molecular weight is 215 g/mol. The van der Waals surface area contributed by atoms with Gasteiger partial charge in [-0.2, -0.15) is 5.10 Å². The Kier molecular flexibility index (Phi) is 3.12. The number of nitrogens with two attached hydrogens (primary N) is 1. The molecule has 2 N–H and O–H groups in total. The van der Waals surface area contributed by atoms with Crippen LogP contribution in [0.15, 0.2) is 47.4 Å². The summed E-state index contributed by atoms with van der Waals surface area (Å²) < 4.78 is 1.43. The Labute approximate surface area is 93.3 Å². The lowest BCUT2D eigenvalue weighted by Crippen LogP contribution is -2.22. The fourth-order valence-electron chi connectivity index (χ4n) is 1.58. The van der Waals surface area contributed by atoms with Crippen molar-refractivity contribution in [3.8, 4) is 0 Å². The maximum Gasteiger partial charge on any atom is 0.267 e. The van der Waals surface area contributed by atoms with Gasteiger partial charge in [-0.15, -0.1) is 0 Å². The molecule has 0 fully saturated rings. The Hall–Kier alpha value is -1.94. The minimum Gasteiger partial charge on any atom is -0.326 e. The Bertz CT molecular complexity index is 534. The molecule has 0 amide bonds. The number of hydrogen-bond donors (Lipinski definition) is 1. The van der Waals surface area contributed by atoms with E-state index in [0.717, 1.165) is 11.1 Å². The number of nitrogens with zero attached hydrogens (tertiary/aromatic N) is 2. The van der Waals surface area contributed by atoms with Crippen molar-refractivity contribution in [3.63, 3.8) is 0 Å². The predicted octanol–water partition coefficient (Wildman–Crippen LogP) is 0.750. The largest absolute Gasteiger partial charge is 0.326 e.